The highest BCUT2D eigenvalue weighted by atomic mass is 16.4. The molecule has 4 rings (SSSR count). The summed E-state index contributed by atoms with van der Waals surface area (Å²) in [7, 11) is 0. The predicted molar refractivity (Wildman–Crippen MR) is 140 cm³/mol. The first-order valence-corrected chi connectivity index (χ1v) is 12.1. The van der Waals surface area contributed by atoms with E-state index in [4.69, 9.17) is 10.8 Å². The van der Waals surface area contributed by atoms with Crippen LogP contribution in [0.4, 0.5) is 0 Å². The average Bonchev–Trinajstić information content (AvgIpc) is 3.50. The molecule has 3 unspecified atom stereocenters. The van der Waals surface area contributed by atoms with Gasteiger partial charge in [0.15, 0.2) is 0 Å². The Kier molecular flexibility index (Phi) is 8.07. The number of carboxylic acid groups (broad SMARTS) is 2. The minimum absolute atomic E-state index is 0.0622. The predicted octanol–water partition coefficient (Wildman–Crippen LogP) is 1.68. The molecule has 2 aromatic carbocycles. The molecule has 0 bridgehead atoms. The fraction of sp³-hybridized carbons (Fsp3) is 0.259. The number of aromatic amines is 2. The van der Waals surface area contributed by atoms with Gasteiger partial charge in [-0.25, -0.2) is 4.79 Å². The first-order valence-electron chi connectivity index (χ1n) is 12.1. The number of hydrogen-bond acceptors (Lipinski definition) is 5. The van der Waals surface area contributed by atoms with Crippen molar-refractivity contribution in [2.75, 3.05) is 0 Å². The molecule has 11 heteroatoms. The molecule has 4 aromatic rings. The van der Waals surface area contributed by atoms with Gasteiger partial charge in [-0.05, 0) is 36.1 Å². The second-order valence-corrected chi connectivity index (χ2v) is 9.13. The molecule has 11 nitrogen and oxygen atoms in total. The Morgan fingerprint density at radius 3 is 1.84 bits per heavy atom. The van der Waals surface area contributed by atoms with E-state index >= 15 is 0 Å². The average molecular weight is 520 g/mol. The lowest BCUT2D eigenvalue weighted by atomic mass is 10.0. The number of amides is 2. The zero-order valence-corrected chi connectivity index (χ0v) is 20.4. The number of carbonyl (C=O) groups is 4. The third-order valence-corrected chi connectivity index (χ3v) is 6.44. The molecule has 8 N–H and O–H groups in total. The normalized spacial score (nSPS) is 13.6. The van der Waals surface area contributed by atoms with Gasteiger partial charge in [-0.1, -0.05) is 36.4 Å². The van der Waals surface area contributed by atoms with Crippen LogP contribution in [0.2, 0.25) is 0 Å². The van der Waals surface area contributed by atoms with Crippen molar-refractivity contribution in [3.8, 4) is 0 Å². The van der Waals surface area contributed by atoms with Crippen LogP contribution in [0.1, 0.15) is 24.0 Å². The van der Waals surface area contributed by atoms with Crippen LogP contribution in [0.3, 0.4) is 0 Å². The Balaban J connectivity index is 1.53. The Morgan fingerprint density at radius 2 is 1.29 bits per heavy atom. The van der Waals surface area contributed by atoms with Gasteiger partial charge in [-0.15, -0.1) is 0 Å². The molecule has 0 spiro atoms. The monoisotopic (exact) mass is 519 g/mol. The van der Waals surface area contributed by atoms with Gasteiger partial charge in [-0.3, -0.25) is 14.4 Å². The first-order chi connectivity index (χ1) is 18.2. The second kappa shape index (κ2) is 11.6. The molecule has 0 saturated heterocycles. The van der Waals surface area contributed by atoms with Gasteiger partial charge in [0.2, 0.25) is 11.8 Å². The van der Waals surface area contributed by atoms with Gasteiger partial charge in [-0.2, -0.15) is 0 Å². The molecule has 0 fully saturated rings. The van der Waals surface area contributed by atoms with Gasteiger partial charge in [0.1, 0.15) is 12.1 Å². The lowest BCUT2D eigenvalue weighted by molar-refractivity contribution is -0.143. The summed E-state index contributed by atoms with van der Waals surface area (Å²) in [4.78, 5) is 55.2. The van der Waals surface area contributed by atoms with E-state index in [0.29, 0.717) is 0 Å². The Hall–Kier alpha value is -4.64. The fourth-order valence-corrected chi connectivity index (χ4v) is 4.44. The van der Waals surface area contributed by atoms with Crippen molar-refractivity contribution in [2.24, 2.45) is 5.73 Å². The van der Waals surface area contributed by atoms with E-state index in [9.17, 15) is 24.3 Å². The van der Waals surface area contributed by atoms with Crippen molar-refractivity contribution in [1.29, 1.82) is 0 Å². The van der Waals surface area contributed by atoms with Crippen molar-refractivity contribution >= 4 is 45.6 Å². The van der Waals surface area contributed by atoms with Crippen LogP contribution in [-0.4, -0.2) is 62.1 Å². The zero-order chi connectivity index (χ0) is 27.2. The van der Waals surface area contributed by atoms with E-state index in [1.807, 2.05) is 48.5 Å². The van der Waals surface area contributed by atoms with E-state index in [0.717, 1.165) is 32.9 Å². The molecule has 0 aliphatic heterocycles. The van der Waals surface area contributed by atoms with Crippen LogP contribution in [0.25, 0.3) is 21.8 Å². The highest BCUT2D eigenvalue weighted by Gasteiger charge is 2.29. The van der Waals surface area contributed by atoms with Gasteiger partial charge < -0.3 is 36.5 Å². The number of para-hydroxylation sites is 2. The largest absolute Gasteiger partial charge is 0.481 e. The number of rotatable bonds is 12. The minimum atomic E-state index is -1.43. The molecule has 2 aromatic heterocycles. The van der Waals surface area contributed by atoms with Crippen LogP contribution in [-0.2, 0) is 32.0 Å². The third-order valence-electron chi connectivity index (χ3n) is 6.44. The number of aliphatic carboxylic acids is 2. The van der Waals surface area contributed by atoms with Gasteiger partial charge in [0, 0.05) is 47.0 Å². The molecule has 0 aliphatic rings. The molecule has 3 atom stereocenters. The summed E-state index contributed by atoms with van der Waals surface area (Å²) in [5.74, 6) is -3.88. The van der Waals surface area contributed by atoms with Crippen LogP contribution in [0.15, 0.2) is 60.9 Å². The Labute approximate surface area is 217 Å². The summed E-state index contributed by atoms with van der Waals surface area (Å²) in [5, 5.41) is 25.3. The van der Waals surface area contributed by atoms with E-state index in [1.165, 1.54) is 0 Å². The highest BCUT2D eigenvalue weighted by Crippen LogP contribution is 2.21. The van der Waals surface area contributed by atoms with Crippen molar-refractivity contribution < 1.29 is 29.4 Å². The number of carboxylic acids is 2. The quantitative estimate of drug-likeness (QED) is 0.148. The summed E-state index contributed by atoms with van der Waals surface area (Å²) in [6, 6.07) is 11.5. The standard InChI is InChI=1S/C27H29N5O6/c28-19(11-15-13-29-20-7-3-1-5-17(15)20)25(35)32-23(12-16-14-30-21-8-4-2-6-18(16)21)26(36)31-22(27(37)38)9-10-24(33)34/h1-8,13-14,19,22-23,29-30H,9-12,28H2,(H,31,36)(H,32,35)(H,33,34)(H,37,38). The maximum atomic E-state index is 13.2. The lowest BCUT2D eigenvalue weighted by Crippen LogP contribution is -2.55. The van der Waals surface area contributed by atoms with Crippen LogP contribution < -0.4 is 16.4 Å². The summed E-state index contributed by atoms with van der Waals surface area (Å²) in [6.07, 6.45) is 3.05. The number of nitrogens with one attached hydrogen (secondary N) is 4. The van der Waals surface area contributed by atoms with E-state index in [2.05, 4.69) is 20.6 Å². The van der Waals surface area contributed by atoms with E-state index in [-0.39, 0.29) is 19.3 Å². The smallest absolute Gasteiger partial charge is 0.326 e. The summed E-state index contributed by atoms with van der Waals surface area (Å²) < 4.78 is 0. The van der Waals surface area contributed by atoms with E-state index < -0.39 is 48.3 Å². The van der Waals surface area contributed by atoms with Crippen LogP contribution >= 0.6 is 0 Å². The van der Waals surface area contributed by atoms with Crippen molar-refractivity contribution in [2.45, 2.75) is 43.8 Å². The Bertz CT molecular complexity index is 1470. The SMILES string of the molecule is NC(Cc1c[nH]c2ccccc12)C(=O)NC(Cc1c[nH]c2ccccc12)C(=O)NC(CCC(=O)O)C(=O)O. The molecule has 0 saturated carbocycles. The molecule has 2 amide bonds. The number of fused-ring (bicyclic) bond motifs is 2. The number of aromatic nitrogens is 2. The maximum Gasteiger partial charge on any atom is 0.326 e. The zero-order valence-electron chi connectivity index (χ0n) is 20.4. The number of hydrogen-bond donors (Lipinski definition) is 7. The second-order valence-electron chi connectivity index (χ2n) is 9.13. The molecule has 0 radical (unpaired) electrons. The number of H-pyrrole nitrogens is 2. The molecule has 2 heterocycles. The molecule has 0 aliphatic carbocycles. The van der Waals surface area contributed by atoms with Crippen molar-refractivity contribution in [3.05, 3.63) is 72.1 Å². The first kappa shape index (κ1) is 26.4. The summed E-state index contributed by atoms with van der Waals surface area (Å²) in [5.41, 5.74) is 9.56. The van der Waals surface area contributed by atoms with E-state index in [1.54, 1.807) is 12.4 Å². The van der Waals surface area contributed by atoms with Gasteiger partial charge >= 0.3 is 11.9 Å². The number of benzene rings is 2. The van der Waals surface area contributed by atoms with Crippen LogP contribution in [0, 0.1) is 0 Å². The number of nitrogens with two attached hydrogens (primary N) is 1. The minimum Gasteiger partial charge on any atom is -0.481 e. The fourth-order valence-electron chi connectivity index (χ4n) is 4.44. The lowest BCUT2D eigenvalue weighted by Gasteiger charge is -2.23. The molecule has 198 valence electrons. The summed E-state index contributed by atoms with van der Waals surface area (Å²) >= 11 is 0. The maximum absolute atomic E-state index is 13.2. The van der Waals surface area contributed by atoms with Crippen molar-refractivity contribution in [3.63, 3.8) is 0 Å². The van der Waals surface area contributed by atoms with Gasteiger partial charge in [0.25, 0.3) is 0 Å². The molecular weight excluding hydrogens is 490 g/mol. The third kappa shape index (κ3) is 6.19. The summed E-state index contributed by atoms with van der Waals surface area (Å²) in [6.45, 7) is 0. The molecular formula is C27H29N5O6. The van der Waals surface area contributed by atoms with Crippen LogP contribution in [0.5, 0.6) is 0 Å². The number of carbonyl (C=O) groups excluding carboxylic acids is 2. The van der Waals surface area contributed by atoms with Crippen molar-refractivity contribution in [1.82, 2.24) is 20.6 Å². The van der Waals surface area contributed by atoms with Gasteiger partial charge in [0.05, 0.1) is 6.04 Å². The topological polar surface area (TPSA) is 190 Å². The molecule has 38 heavy (non-hydrogen) atoms. The Morgan fingerprint density at radius 1 is 0.763 bits per heavy atom. The highest BCUT2D eigenvalue weighted by molar-refractivity contribution is 5.93.